The SMILES string of the molecule is C/C=C/OC(=O)CCCCC. The fraction of sp³-hybridized carbons (Fsp3) is 0.667. The molecule has 2 nitrogen and oxygen atoms in total. The third-order valence-corrected chi connectivity index (χ3v) is 1.32. The summed E-state index contributed by atoms with van der Waals surface area (Å²) in [5, 5.41) is 0. The first-order chi connectivity index (χ1) is 5.31. The maximum absolute atomic E-state index is 10.8. The highest BCUT2D eigenvalue weighted by atomic mass is 16.5. The summed E-state index contributed by atoms with van der Waals surface area (Å²) in [5.41, 5.74) is 0. The van der Waals surface area contributed by atoms with Gasteiger partial charge in [0.1, 0.15) is 0 Å². The molecule has 0 aliphatic rings. The number of hydrogen-bond acceptors (Lipinski definition) is 2. The van der Waals surface area contributed by atoms with E-state index in [1.54, 1.807) is 6.08 Å². The Bertz CT molecular complexity index is 128. The Labute approximate surface area is 68.2 Å². The van der Waals surface area contributed by atoms with Gasteiger partial charge in [-0.05, 0) is 13.3 Å². The summed E-state index contributed by atoms with van der Waals surface area (Å²) in [6.07, 6.45) is 6.85. The van der Waals surface area contributed by atoms with Crippen molar-refractivity contribution in [3.63, 3.8) is 0 Å². The molecule has 0 spiro atoms. The highest BCUT2D eigenvalue weighted by molar-refractivity contribution is 5.69. The first kappa shape index (κ1) is 10.2. The zero-order valence-electron chi connectivity index (χ0n) is 7.30. The van der Waals surface area contributed by atoms with E-state index in [2.05, 4.69) is 6.92 Å². The third kappa shape index (κ3) is 7.10. The molecule has 0 saturated heterocycles. The van der Waals surface area contributed by atoms with Crippen molar-refractivity contribution in [2.75, 3.05) is 0 Å². The van der Waals surface area contributed by atoms with Gasteiger partial charge in [-0.2, -0.15) is 0 Å². The Morgan fingerprint density at radius 1 is 1.45 bits per heavy atom. The largest absolute Gasteiger partial charge is 0.435 e. The molecule has 0 unspecified atom stereocenters. The fourth-order valence-corrected chi connectivity index (χ4v) is 0.722. The molecular formula is C9H16O2. The molecule has 0 rings (SSSR count). The molecule has 0 aromatic rings. The molecule has 0 aliphatic carbocycles. The first-order valence-corrected chi connectivity index (χ1v) is 4.12. The smallest absolute Gasteiger partial charge is 0.310 e. The molecular weight excluding hydrogens is 140 g/mol. The van der Waals surface area contributed by atoms with Crippen LogP contribution in [-0.2, 0) is 9.53 Å². The Morgan fingerprint density at radius 3 is 2.73 bits per heavy atom. The summed E-state index contributed by atoms with van der Waals surface area (Å²) in [5.74, 6) is -0.128. The maximum Gasteiger partial charge on any atom is 0.310 e. The lowest BCUT2D eigenvalue weighted by molar-refractivity contribution is -0.138. The maximum atomic E-state index is 10.8. The topological polar surface area (TPSA) is 26.3 Å². The zero-order valence-corrected chi connectivity index (χ0v) is 7.30. The van der Waals surface area contributed by atoms with Crippen LogP contribution in [0.25, 0.3) is 0 Å². The number of unbranched alkanes of at least 4 members (excludes halogenated alkanes) is 2. The summed E-state index contributed by atoms with van der Waals surface area (Å²) in [6, 6.07) is 0. The van der Waals surface area contributed by atoms with E-state index in [0.717, 1.165) is 19.3 Å². The van der Waals surface area contributed by atoms with Crippen LogP contribution < -0.4 is 0 Å². The van der Waals surface area contributed by atoms with E-state index in [4.69, 9.17) is 4.74 Å². The quantitative estimate of drug-likeness (QED) is 0.347. The van der Waals surface area contributed by atoms with Gasteiger partial charge in [0.15, 0.2) is 0 Å². The fourth-order valence-electron chi connectivity index (χ4n) is 0.722. The third-order valence-electron chi connectivity index (χ3n) is 1.32. The monoisotopic (exact) mass is 156 g/mol. The summed E-state index contributed by atoms with van der Waals surface area (Å²) >= 11 is 0. The van der Waals surface area contributed by atoms with Gasteiger partial charge in [0.2, 0.25) is 0 Å². The van der Waals surface area contributed by atoms with E-state index in [1.165, 1.54) is 6.26 Å². The molecule has 0 saturated carbocycles. The van der Waals surface area contributed by atoms with Gasteiger partial charge in [0.05, 0.1) is 6.26 Å². The van der Waals surface area contributed by atoms with Gasteiger partial charge in [-0.15, -0.1) is 0 Å². The Hall–Kier alpha value is -0.790. The average molecular weight is 156 g/mol. The Balaban J connectivity index is 3.23. The lowest BCUT2D eigenvalue weighted by Gasteiger charge is -1.96. The molecule has 64 valence electrons. The minimum Gasteiger partial charge on any atom is -0.435 e. The van der Waals surface area contributed by atoms with Gasteiger partial charge in [-0.3, -0.25) is 4.79 Å². The molecule has 0 bridgehead atoms. The van der Waals surface area contributed by atoms with Crippen LogP contribution in [0.15, 0.2) is 12.3 Å². The summed E-state index contributed by atoms with van der Waals surface area (Å²) in [4.78, 5) is 10.8. The molecule has 0 aromatic carbocycles. The molecule has 0 aliphatic heterocycles. The number of rotatable bonds is 5. The Kier molecular flexibility index (Phi) is 6.79. The van der Waals surface area contributed by atoms with Gasteiger partial charge in [-0.25, -0.2) is 0 Å². The lowest BCUT2D eigenvalue weighted by Crippen LogP contribution is -1.98. The molecule has 0 amide bonds. The Morgan fingerprint density at radius 2 is 2.18 bits per heavy atom. The van der Waals surface area contributed by atoms with Crippen LogP contribution in [-0.4, -0.2) is 5.97 Å². The van der Waals surface area contributed by atoms with Crippen molar-refractivity contribution in [2.45, 2.75) is 39.5 Å². The highest BCUT2D eigenvalue weighted by Gasteiger charge is 1.98. The number of hydrogen-bond donors (Lipinski definition) is 0. The molecule has 0 atom stereocenters. The van der Waals surface area contributed by atoms with E-state index in [0.29, 0.717) is 6.42 Å². The van der Waals surface area contributed by atoms with Crippen LogP contribution in [0.2, 0.25) is 0 Å². The zero-order chi connectivity index (χ0) is 8.53. The predicted octanol–water partition coefficient (Wildman–Crippen LogP) is 2.64. The van der Waals surface area contributed by atoms with Crippen molar-refractivity contribution in [3.05, 3.63) is 12.3 Å². The minimum atomic E-state index is -0.128. The van der Waals surface area contributed by atoms with Crippen molar-refractivity contribution in [1.82, 2.24) is 0 Å². The average Bonchev–Trinajstić information content (AvgIpc) is 2.01. The van der Waals surface area contributed by atoms with Gasteiger partial charge in [0, 0.05) is 6.42 Å². The molecule has 0 heterocycles. The molecule has 2 heteroatoms. The van der Waals surface area contributed by atoms with Crippen molar-refractivity contribution < 1.29 is 9.53 Å². The summed E-state index contributed by atoms with van der Waals surface area (Å²) in [6.45, 7) is 3.93. The number of carbonyl (C=O) groups is 1. The van der Waals surface area contributed by atoms with Crippen LogP contribution in [0.5, 0.6) is 0 Å². The lowest BCUT2D eigenvalue weighted by atomic mass is 10.2. The van der Waals surface area contributed by atoms with Gasteiger partial charge < -0.3 is 4.74 Å². The second-order valence-electron chi connectivity index (χ2n) is 2.42. The van der Waals surface area contributed by atoms with Crippen molar-refractivity contribution in [1.29, 1.82) is 0 Å². The van der Waals surface area contributed by atoms with E-state index < -0.39 is 0 Å². The van der Waals surface area contributed by atoms with E-state index in [9.17, 15) is 4.79 Å². The second kappa shape index (κ2) is 7.32. The van der Waals surface area contributed by atoms with Gasteiger partial charge in [0.25, 0.3) is 0 Å². The van der Waals surface area contributed by atoms with Crippen LogP contribution in [0, 0.1) is 0 Å². The van der Waals surface area contributed by atoms with Crippen LogP contribution in [0.4, 0.5) is 0 Å². The molecule has 0 radical (unpaired) electrons. The van der Waals surface area contributed by atoms with Gasteiger partial charge >= 0.3 is 5.97 Å². The van der Waals surface area contributed by atoms with Gasteiger partial charge in [-0.1, -0.05) is 25.8 Å². The van der Waals surface area contributed by atoms with E-state index in [1.807, 2.05) is 6.92 Å². The molecule has 11 heavy (non-hydrogen) atoms. The highest BCUT2D eigenvalue weighted by Crippen LogP contribution is 2.00. The number of allylic oxidation sites excluding steroid dienone is 1. The number of esters is 1. The van der Waals surface area contributed by atoms with Crippen molar-refractivity contribution in [3.8, 4) is 0 Å². The van der Waals surface area contributed by atoms with Crippen molar-refractivity contribution >= 4 is 5.97 Å². The van der Waals surface area contributed by atoms with E-state index in [-0.39, 0.29) is 5.97 Å². The van der Waals surface area contributed by atoms with E-state index >= 15 is 0 Å². The number of ether oxygens (including phenoxy) is 1. The van der Waals surface area contributed by atoms with Crippen LogP contribution >= 0.6 is 0 Å². The van der Waals surface area contributed by atoms with Crippen LogP contribution in [0.1, 0.15) is 39.5 Å². The summed E-state index contributed by atoms with van der Waals surface area (Å²) < 4.78 is 4.72. The minimum absolute atomic E-state index is 0.128. The van der Waals surface area contributed by atoms with Crippen LogP contribution in [0.3, 0.4) is 0 Å². The molecule has 0 fully saturated rings. The molecule has 0 aromatic heterocycles. The number of carbonyl (C=O) groups excluding carboxylic acids is 1. The first-order valence-electron chi connectivity index (χ1n) is 4.12. The van der Waals surface area contributed by atoms with Crippen molar-refractivity contribution in [2.24, 2.45) is 0 Å². The summed E-state index contributed by atoms with van der Waals surface area (Å²) in [7, 11) is 0. The molecule has 0 N–H and O–H groups in total. The second-order valence-corrected chi connectivity index (χ2v) is 2.42. The standard InChI is InChI=1S/C9H16O2/c1-3-5-6-7-9(10)11-8-4-2/h4,8H,3,5-7H2,1-2H3/b8-4+. The predicted molar refractivity (Wildman–Crippen MR) is 45.0 cm³/mol. The normalized spacial score (nSPS) is 10.4.